The zero-order valence-electron chi connectivity index (χ0n) is 18.4. The molecule has 0 bridgehead atoms. The molecule has 3 aromatic rings. The van der Waals surface area contributed by atoms with Gasteiger partial charge in [0, 0.05) is 24.9 Å². The van der Waals surface area contributed by atoms with Gasteiger partial charge in [0.25, 0.3) is 0 Å². The molecule has 1 aromatic heterocycles. The Morgan fingerprint density at radius 1 is 1.06 bits per heavy atom. The third-order valence-electron chi connectivity index (χ3n) is 6.85. The van der Waals surface area contributed by atoms with E-state index >= 15 is 0 Å². The molecule has 5 rings (SSSR count). The van der Waals surface area contributed by atoms with Gasteiger partial charge in [0.15, 0.2) is 5.82 Å². The molecular weight excluding hydrogens is 445 g/mol. The second-order valence-corrected chi connectivity index (χ2v) is 9.06. The molecule has 6 nitrogen and oxygen atoms in total. The van der Waals surface area contributed by atoms with Crippen LogP contribution in [0.15, 0.2) is 36.7 Å². The highest BCUT2D eigenvalue weighted by Crippen LogP contribution is 2.37. The number of fused-ring (bicyclic) bond motifs is 1. The van der Waals surface area contributed by atoms with Crippen LogP contribution < -0.4 is 0 Å². The summed E-state index contributed by atoms with van der Waals surface area (Å²) in [5.41, 5.74) is 1.48. The average Bonchev–Trinajstić information content (AvgIpc) is 3.46. The molecule has 0 unspecified atom stereocenters. The van der Waals surface area contributed by atoms with Crippen LogP contribution in [0.1, 0.15) is 49.3 Å². The van der Waals surface area contributed by atoms with Gasteiger partial charge in [-0.15, -0.1) is 0 Å². The van der Waals surface area contributed by atoms with Crippen molar-refractivity contribution in [3.05, 3.63) is 65.2 Å². The third kappa shape index (κ3) is 4.26. The molecule has 1 aliphatic carbocycles. The first-order valence-electron chi connectivity index (χ1n) is 11.4. The maximum atomic E-state index is 14.2. The van der Waals surface area contributed by atoms with E-state index in [1.54, 1.807) is 12.4 Å². The summed E-state index contributed by atoms with van der Waals surface area (Å²) in [4.78, 5) is 22.9. The van der Waals surface area contributed by atoms with E-state index in [1.165, 1.54) is 23.3 Å². The Balaban J connectivity index is 1.24. The van der Waals surface area contributed by atoms with Crippen molar-refractivity contribution in [1.82, 2.24) is 14.6 Å². The molecule has 2 aliphatic rings. The van der Waals surface area contributed by atoms with E-state index < -0.39 is 23.5 Å². The predicted octanol–water partition coefficient (Wildman–Crippen LogP) is 5.04. The van der Waals surface area contributed by atoms with Gasteiger partial charge in [0.2, 0.25) is 5.91 Å². The second kappa shape index (κ2) is 9.11. The number of halogens is 3. The summed E-state index contributed by atoms with van der Waals surface area (Å²) in [5, 5.41) is 10.4. The van der Waals surface area contributed by atoms with Gasteiger partial charge in [-0.1, -0.05) is 0 Å². The summed E-state index contributed by atoms with van der Waals surface area (Å²) in [6.07, 6.45) is 5.00. The topological polar surface area (TPSA) is 71.2 Å². The molecule has 0 N–H and O–H groups in total. The molecule has 1 aliphatic heterocycles. The van der Waals surface area contributed by atoms with Crippen LogP contribution in [0.4, 0.5) is 13.2 Å². The van der Waals surface area contributed by atoms with Gasteiger partial charge in [-0.2, -0.15) is 5.26 Å². The van der Waals surface area contributed by atoms with Crippen LogP contribution in [0, 0.1) is 40.6 Å². The van der Waals surface area contributed by atoms with Gasteiger partial charge >= 0.3 is 0 Å². The fraction of sp³-hybridized carbons (Fsp3) is 0.400. The highest BCUT2D eigenvalue weighted by atomic mass is 19.1. The van der Waals surface area contributed by atoms with Crippen molar-refractivity contribution in [2.24, 2.45) is 11.8 Å². The molecular formula is C25H23F3N4O2. The van der Waals surface area contributed by atoms with Crippen molar-refractivity contribution in [2.75, 3.05) is 6.61 Å². The summed E-state index contributed by atoms with van der Waals surface area (Å²) in [7, 11) is 0. The Morgan fingerprint density at radius 2 is 1.79 bits per heavy atom. The maximum Gasteiger partial charge on any atom is 0.249 e. The lowest BCUT2D eigenvalue weighted by Gasteiger charge is -2.32. The van der Waals surface area contributed by atoms with Crippen LogP contribution in [0.3, 0.4) is 0 Å². The standard InChI is InChI=1S/C25H23F3N4O2/c26-19-9-18(10-20(27)11-19)22-5-6-34-32(22)25(33)17-3-1-15(2-4-17)13-31-14-30-24-21(28)7-16(12-29)8-23(24)31/h7-11,14-15,17,22H,1-6,13H2/t15?,17?,22-/m0/s1. The van der Waals surface area contributed by atoms with Crippen molar-refractivity contribution in [1.29, 1.82) is 5.26 Å². The number of rotatable bonds is 4. The number of carbonyl (C=O) groups is 1. The number of carbonyl (C=O) groups excluding carboxylic acids is 1. The number of hydroxylamine groups is 2. The molecule has 0 radical (unpaired) electrons. The summed E-state index contributed by atoms with van der Waals surface area (Å²) in [6.45, 7) is 0.940. The summed E-state index contributed by atoms with van der Waals surface area (Å²) in [6, 6.07) is 7.59. The lowest BCUT2D eigenvalue weighted by molar-refractivity contribution is -0.183. The number of hydrogen-bond acceptors (Lipinski definition) is 4. The summed E-state index contributed by atoms with van der Waals surface area (Å²) >= 11 is 0. The number of nitriles is 1. The molecule has 1 saturated heterocycles. The zero-order valence-corrected chi connectivity index (χ0v) is 18.4. The van der Waals surface area contributed by atoms with Crippen molar-refractivity contribution >= 4 is 16.9 Å². The number of nitrogens with zero attached hydrogens (tertiary/aromatic N) is 4. The van der Waals surface area contributed by atoms with Gasteiger partial charge in [-0.25, -0.2) is 23.2 Å². The number of benzene rings is 2. The fourth-order valence-corrected chi connectivity index (χ4v) is 5.14. The Kier molecular flexibility index (Phi) is 6.00. The minimum absolute atomic E-state index is 0.153. The highest BCUT2D eigenvalue weighted by Gasteiger charge is 2.37. The molecule has 1 saturated carbocycles. The first kappa shape index (κ1) is 22.4. The fourth-order valence-electron chi connectivity index (χ4n) is 5.14. The Labute approximate surface area is 194 Å². The van der Waals surface area contributed by atoms with Crippen molar-refractivity contribution < 1.29 is 22.8 Å². The number of hydrogen-bond donors (Lipinski definition) is 0. The van der Waals surface area contributed by atoms with E-state index in [-0.39, 0.29) is 28.8 Å². The molecule has 9 heteroatoms. The van der Waals surface area contributed by atoms with Crippen LogP contribution >= 0.6 is 0 Å². The molecule has 1 atom stereocenters. The van der Waals surface area contributed by atoms with Crippen molar-refractivity contribution in [2.45, 2.75) is 44.7 Å². The molecule has 1 amide bonds. The number of aromatic nitrogens is 2. The van der Waals surface area contributed by atoms with Crippen LogP contribution in [0.2, 0.25) is 0 Å². The SMILES string of the molecule is N#Cc1cc(F)c2ncn(CC3CCC(C(=O)N4OCC[C@H]4c4cc(F)cc(F)c4)CC3)c2c1. The monoisotopic (exact) mass is 468 g/mol. The van der Waals surface area contributed by atoms with Crippen LogP contribution in [-0.4, -0.2) is 27.1 Å². The molecule has 34 heavy (non-hydrogen) atoms. The van der Waals surface area contributed by atoms with Gasteiger partial charge in [-0.3, -0.25) is 9.63 Å². The minimum atomic E-state index is -0.677. The lowest BCUT2D eigenvalue weighted by Crippen LogP contribution is -2.37. The smallest absolute Gasteiger partial charge is 0.249 e. The second-order valence-electron chi connectivity index (χ2n) is 9.06. The van der Waals surface area contributed by atoms with Crippen LogP contribution in [0.25, 0.3) is 11.0 Å². The molecule has 2 aromatic carbocycles. The van der Waals surface area contributed by atoms with E-state index in [9.17, 15) is 18.0 Å². The molecule has 2 fully saturated rings. The van der Waals surface area contributed by atoms with Gasteiger partial charge in [-0.05, 0) is 61.4 Å². The third-order valence-corrected chi connectivity index (χ3v) is 6.85. The predicted molar refractivity (Wildman–Crippen MR) is 116 cm³/mol. The van der Waals surface area contributed by atoms with Crippen LogP contribution in [-0.2, 0) is 16.2 Å². The first-order chi connectivity index (χ1) is 16.4. The molecule has 2 heterocycles. The zero-order chi connectivity index (χ0) is 23.8. The Hall–Kier alpha value is -3.38. The largest absolute Gasteiger partial charge is 0.330 e. The van der Waals surface area contributed by atoms with E-state index in [2.05, 4.69) is 4.98 Å². The normalized spacial score (nSPS) is 22.8. The lowest BCUT2D eigenvalue weighted by atomic mass is 9.81. The van der Waals surface area contributed by atoms with Gasteiger partial charge in [0.05, 0.1) is 36.1 Å². The number of amides is 1. The first-order valence-corrected chi connectivity index (χ1v) is 11.4. The Bertz CT molecular complexity index is 1260. The van der Waals surface area contributed by atoms with E-state index in [0.29, 0.717) is 43.5 Å². The van der Waals surface area contributed by atoms with Crippen molar-refractivity contribution in [3.63, 3.8) is 0 Å². The minimum Gasteiger partial charge on any atom is -0.330 e. The quantitative estimate of drug-likeness (QED) is 0.538. The van der Waals surface area contributed by atoms with Gasteiger partial charge < -0.3 is 4.57 Å². The average molecular weight is 468 g/mol. The van der Waals surface area contributed by atoms with E-state index in [4.69, 9.17) is 10.1 Å². The van der Waals surface area contributed by atoms with Crippen molar-refractivity contribution in [3.8, 4) is 6.07 Å². The van der Waals surface area contributed by atoms with Gasteiger partial charge in [0.1, 0.15) is 17.2 Å². The highest BCUT2D eigenvalue weighted by molar-refractivity contribution is 5.79. The molecule has 0 spiro atoms. The van der Waals surface area contributed by atoms with E-state index in [1.807, 2.05) is 10.6 Å². The summed E-state index contributed by atoms with van der Waals surface area (Å²) in [5.74, 6) is -1.97. The maximum absolute atomic E-state index is 14.2. The van der Waals surface area contributed by atoms with E-state index in [0.717, 1.165) is 18.9 Å². The van der Waals surface area contributed by atoms with Crippen LogP contribution in [0.5, 0.6) is 0 Å². The Morgan fingerprint density at radius 3 is 2.50 bits per heavy atom. The summed E-state index contributed by atoms with van der Waals surface area (Å²) < 4.78 is 43.4. The number of imidazole rings is 1. The molecule has 176 valence electrons.